The Morgan fingerprint density at radius 3 is 2.82 bits per heavy atom. The van der Waals surface area contributed by atoms with Gasteiger partial charge >= 0.3 is 0 Å². The lowest BCUT2D eigenvalue weighted by atomic mass is 10.4. The molecule has 0 fully saturated rings. The monoisotopic (exact) mass is 240 g/mol. The maximum absolute atomic E-state index is 5.72. The van der Waals surface area contributed by atoms with Crippen LogP contribution in [0, 0.1) is 0 Å². The molecule has 0 aliphatic rings. The molecule has 0 aliphatic heterocycles. The molecule has 6 heteroatoms. The molecule has 0 bridgehead atoms. The average molecular weight is 240 g/mol. The number of hydrogen-bond acceptors (Lipinski definition) is 6. The molecule has 0 spiro atoms. The Bertz CT molecular complexity index is 346. The van der Waals surface area contributed by atoms with Gasteiger partial charge in [-0.05, 0) is 6.92 Å². The summed E-state index contributed by atoms with van der Waals surface area (Å²) in [4.78, 5) is 10.4. The summed E-state index contributed by atoms with van der Waals surface area (Å²) in [7, 11) is 3.54. The van der Waals surface area contributed by atoms with E-state index in [1.54, 1.807) is 13.2 Å². The molecule has 2 N–H and O–H groups in total. The summed E-state index contributed by atoms with van der Waals surface area (Å²) in [6.07, 6.45) is 0. The van der Waals surface area contributed by atoms with Crippen molar-refractivity contribution in [2.75, 3.05) is 44.5 Å². The summed E-state index contributed by atoms with van der Waals surface area (Å²) < 4.78 is 10.3. The molecule has 6 nitrogen and oxygen atoms in total. The van der Waals surface area contributed by atoms with Crippen LogP contribution in [0.1, 0.15) is 12.7 Å². The van der Waals surface area contributed by atoms with Crippen molar-refractivity contribution in [1.29, 1.82) is 0 Å². The van der Waals surface area contributed by atoms with Crippen molar-refractivity contribution in [2.24, 2.45) is 0 Å². The summed E-state index contributed by atoms with van der Waals surface area (Å²) in [5.74, 6) is 1.82. The third-order valence-electron chi connectivity index (χ3n) is 2.22. The van der Waals surface area contributed by atoms with Crippen molar-refractivity contribution in [3.63, 3.8) is 0 Å². The first-order chi connectivity index (χ1) is 8.17. The number of nitrogen functional groups attached to an aromatic ring is 1. The molecule has 0 saturated heterocycles. The second kappa shape index (κ2) is 7.03. The Morgan fingerprint density at radius 1 is 1.41 bits per heavy atom. The van der Waals surface area contributed by atoms with E-state index in [-0.39, 0.29) is 0 Å². The second-order valence-electron chi connectivity index (χ2n) is 3.62. The van der Waals surface area contributed by atoms with Crippen LogP contribution in [0.2, 0.25) is 0 Å². The maximum atomic E-state index is 5.72. The average Bonchev–Trinajstić information content (AvgIpc) is 2.29. The fourth-order valence-electron chi connectivity index (χ4n) is 1.35. The number of nitrogens with zero attached hydrogens (tertiary/aromatic N) is 3. The van der Waals surface area contributed by atoms with Crippen molar-refractivity contribution in [3.05, 3.63) is 11.9 Å². The van der Waals surface area contributed by atoms with Crippen molar-refractivity contribution in [1.82, 2.24) is 9.97 Å². The number of ether oxygens (including phenoxy) is 2. The Balaban J connectivity index is 2.67. The predicted molar refractivity (Wildman–Crippen MR) is 66.9 cm³/mol. The number of aromatic nitrogens is 2. The molecule has 0 atom stereocenters. The molecule has 1 aromatic heterocycles. The molecule has 0 radical (unpaired) electrons. The number of hydrogen-bond donors (Lipinski definition) is 1. The van der Waals surface area contributed by atoms with E-state index in [4.69, 9.17) is 15.2 Å². The van der Waals surface area contributed by atoms with Crippen molar-refractivity contribution >= 4 is 11.6 Å². The Morgan fingerprint density at radius 2 is 2.18 bits per heavy atom. The zero-order chi connectivity index (χ0) is 12.7. The Labute approximate surface area is 102 Å². The lowest BCUT2D eigenvalue weighted by molar-refractivity contribution is 0.154. The minimum Gasteiger partial charge on any atom is -0.384 e. The first-order valence-electron chi connectivity index (χ1n) is 5.58. The molecule has 0 aromatic carbocycles. The van der Waals surface area contributed by atoms with E-state index in [1.165, 1.54) is 0 Å². The van der Waals surface area contributed by atoms with E-state index in [2.05, 4.69) is 9.97 Å². The first kappa shape index (κ1) is 13.7. The summed E-state index contributed by atoms with van der Waals surface area (Å²) in [5.41, 5.74) is 5.72. The number of nitrogens with two attached hydrogens (primary N) is 1. The second-order valence-corrected chi connectivity index (χ2v) is 3.62. The van der Waals surface area contributed by atoms with Gasteiger partial charge in [0.25, 0.3) is 0 Å². The van der Waals surface area contributed by atoms with Crippen LogP contribution in [0.25, 0.3) is 0 Å². The highest BCUT2D eigenvalue weighted by Crippen LogP contribution is 2.12. The molecule has 0 aliphatic carbocycles. The topological polar surface area (TPSA) is 73.5 Å². The van der Waals surface area contributed by atoms with Crippen molar-refractivity contribution in [3.8, 4) is 0 Å². The van der Waals surface area contributed by atoms with Gasteiger partial charge in [0.1, 0.15) is 18.2 Å². The van der Waals surface area contributed by atoms with Crippen LogP contribution in [-0.2, 0) is 16.1 Å². The van der Waals surface area contributed by atoms with Gasteiger partial charge in [0.15, 0.2) is 5.82 Å². The van der Waals surface area contributed by atoms with E-state index >= 15 is 0 Å². The summed E-state index contributed by atoms with van der Waals surface area (Å²) >= 11 is 0. The van der Waals surface area contributed by atoms with Gasteiger partial charge in [-0.2, -0.15) is 0 Å². The van der Waals surface area contributed by atoms with Gasteiger partial charge in [-0.3, -0.25) is 0 Å². The fraction of sp³-hybridized carbons (Fsp3) is 0.636. The summed E-state index contributed by atoms with van der Waals surface area (Å²) in [6, 6.07) is 1.74. The Kier molecular flexibility index (Phi) is 5.65. The standard InChI is InChI=1S/C11H20N4O2/c1-4-17-6-5-15(2)11-7-9(12)13-10(14-11)8-16-3/h7H,4-6,8H2,1-3H3,(H2,12,13,14). The molecule has 0 amide bonds. The van der Waals surface area contributed by atoms with Crippen LogP contribution in [0.15, 0.2) is 6.07 Å². The minimum atomic E-state index is 0.358. The largest absolute Gasteiger partial charge is 0.384 e. The van der Waals surface area contributed by atoms with Gasteiger partial charge in [-0.1, -0.05) is 0 Å². The minimum absolute atomic E-state index is 0.358. The SMILES string of the molecule is CCOCCN(C)c1cc(N)nc(COC)n1. The number of likely N-dealkylation sites (N-methyl/N-ethyl adjacent to an activating group) is 1. The van der Waals surface area contributed by atoms with Crippen molar-refractivity contribution in [2.45, 2.75) is 13.5 Å². The lowest BCUT2D eigenvalue weighted by Crippen LogP contribution is -2.24. The highest BCUT2D eigenvalue weighted by Gasteiger charge is 2.06. The molecular weight excluding hydrogens is 220 g/mol. The van der Waals surface area contributed by atoms with E-state index in [0.717, 1.165) is 12.4 Å². The molecule has 17 heavy (non-hydrogen) atoms. The third-order valence-corrected chi connectivity index (χ3v) is 2.22. The van der Waals surface area contributed by atoms with Gasteiger partial charge in [0, 0.05) is 33.4 Å². The Hall–Kier alpha value is -1.40. The van der Waals surface area contributed by atoms with Crippen LogP contribution in [0.3, 0.4) is 0 Å². The van der Waals surface area contributed by atoms with Gasteiger partial charge in [0.05, 0.1) is 6.61 Å². The smallest absolute Gasteiger partial charge is 0.158 e. The van der Waals surface area contributed by atoms with E-state index in [1.807, 2.05) is 18.9 Å². The normalized spacial score (nSPS) is 10.5. The summed E-state index contributed by atoms with van der Waals surface area (Å²) in [6.45, 7) is 4.47. The van der Waals surface area contributed by atoms with Gasteiger partial charge in [-0.25, -0.2) is 9.97 Å². The molecule has 96 valence electrons. The van der Waals surface area contributed by atoms with E-state index < -0.39 is 0 Å². The van der Waals surface area contributed by atoms with Crippen LogP contribution in [0.4, 0.5) is 11.6 Å². The van der Waals surface area contributed by atoms with Gasteiger partial charge in [-0.15, -0.1) is 0 Å². The summed E-state index contributed by atoms with van der Waals surface area (Å²) in [5, 5.41) is 0. The van der Waals surface area contributed by atoms with E-state index in [0.29, 0.717) is 31.5 Å². The molecular formula is C11H20N4O2. The molecule has 1 heterocycles. The van der Waals surface area contributed by atoms with Crippen LogP contribution in [0.5, 0.6) is 0 Å². The molecule has 0 unspecified atom stereocenters. The zero-order valence-electron chi connectivity index (χ0n) is 10.6. The number of methoxy groups -OCH3 is 1. The number of anilines is 2. The molecule has 1 aromatic rings. The van der Waals surface area contributed by atoms with Gasteiger partial charge < -0.3 is 20.1 Å². The maximum Gasteiger partial charge on any atom is 0.158 e. The number of rotatable bonds is 7. The first-order valence-corrected chi connectivity index (χ1v) is 5.58. The highest BCUT2D eigenvalue weighted by molar-refractivity contribution is 5.46. The quantitative estimate of drug-likeness (QED) is 0.706. The predicted octanol–water partition coefficient (Wildman–Crippen LogP) is 0.678. The lowest BCUT2D eigenvalue weighted by Gasteiger charge is -2.18. The highest BCUT2D eigenvalue weighted by atomic mass is 16.5. The van der Waals surface area contributed by atoms with Crippen molar-refractivity contribution < 1.29 is 9.47 Å². The van der Waals surface area contributed by atoms with Crippen LogP contribution >= 0.6 is 0 Å². The molecule has 0 saturated carbocycles. The van der Waals surface area contributed by atoms with Gasteiger partial charge in [0.2, 0.25) is 0 Å². The zero-order valence-corrected chi connectivity index (χ0v) is 10.6. The fourth-order valence-corrected chi connectivity index (χ4v) is 1.35. The third kappa shape index (κ3) is 4.54. The van der Waals surface area contributed by atoms with E-state index in [9.17, 15) is 0 Å². The van der Waals surface area contributed by atoms with Crippen LogP contribution in [-0.4, -0.2) is 43.9 Å². The van der Waals surface area contributed by atoms with Crippen LogP contribution < -0.4 is 10.6 Å². The molecule has 1 rings (SSSR count).